The summed E-state index contributed by atoms with van der Waals surface area (Å²) in [6, 6.07) is 11.9. The lowest BCUT2D eigenvalue weighted by molar-refractivity contribution is 0.306. The Morgan fingerprint density at radius 3 is 2.62 bits per heavy atom. The summed E-state index contributed by atoms with van der Waals surface area (Å²) < 4.78 is 16.9. The van der Waals surface area contributed by atoms with Gasteiger partial charge in [-0.15, -0.1) is 0 Å². The van der Waals surface area contributed by atoms with Crippen LogP contribution >= 0.6 is 7.60 Å². The number of hydrogen-bond acceptors (Lipinski definition) is 5. The molecule has 0 aliphatic carbocycles. The number of pyridine rings is 1. The van der Waals surface area contributed by atoms with Gasteiger partial charge >= 0.3 is 7.60 Å². The predicted octanol–water partition coefficient (Wildman–Crippen LogP) is 2.60. The zero-order valence-corrected chi connectivity index (χ0v) is 12.4. The molecule has 0 bridgehead atoms. The molecular formula is C14H17N2O4P. The summed E-state index contributed by atoms with van der Waals surface area (Å²) >= 11 is 0. The van der Waals surface area contributed by atoms with E-state index in [1.807, 2.05) is 0 Å². The minimum absolute atomic E-state index is 0.0708. The number of nitrogens with zero attached hydrogens (tertiary/aromatic N) is 1. The Hall–Kier alpha value is -1.88. The van der Waals surface area contributed by atoms with E-state index in [0.29, 0.717) is 11.4 Å². The van der Waals surface area contributed by atoms with Crippen LogP contribution in [0.3, 0.4) is 0 Å². The number of para-hydroxylation sites is 1. The van der Waals surface area contributed by atoms with Crippen molar-refractivity contribution in [3.63, 3.8) is 0 Å². The number of hydrogen-bond donors (Lipinski definition) is 3. The second kappa shape index (κ2) is 6.72. The van der Waals surface area contributed by atoms with Crippen LogP contribution < -0.4 is 5.32 Å². The molecule has 0 amide bonds. The maximum absolute atomic E-state index is 12.2. The number of aromatic nitrogens is 1. The van der Waals surface area contributed by atoms with E-state index in [-0.39, 0.29) is 12.2 Å². The fourth-order valence-electron chi connectivity index (χ4n) is 1.89. The molecule has 0 aliphatic heterocycles. The number of aromatic hydroxyl groups is 1. The first kappa shape index (κ1) is 15.5. The number of phenolic OH excluding ortho intramolecular Hbond substituents is 1. The first-order valence-electron chi connectivity index (χ1n) is 6.35. The largest absolute Gasteiger partial charge is 0.508 e. The first-order chi connectivity index (χ1) is 10.0. The van der Waals surface area contributed by atoms with Crippen molar-refractivity contribution in [1.82, 2.24) is 4.98 Å². The molecule has 0 saturated carbocycles. The highest BCUT2D eigenvalue weighted by Gasteiger charge is 2.32. The van der Waals surface area contributed by atoms with Crippen molar-refractivity contribution in [1.29, 1.82) is 0 Å². The molecule has 0 aliphatic rings. The van der Waals surface area contributed by atoms with Crippen LogP contribution in [0.25, 0.3) is 0 Å². The zero-order valence-electron chi connectivity index (χ0n) is 11.5. The Bertz CT molecular complexity index is 636. The average Bonchev–Trinajstić information content (AvgIpc) is 2.50. The fraction of sp³-hybridized carbons (Fsp3) is 0.214. The SMILES string of the molecule is COP(=O)(O)C(Cc1ccccc1O)Nc1ccccn1. The molecule has 0 radical (unpaired) electrons. The van der Waals surface area contributed by atoms with Crippen LogP contribution in [-0.2, 0) is 15.5 Å². The van der Waals surface area contributed by atoms with Crippen molar-refractivity contribution < 1.29 is 19.1 Å². The third-order valence-electron chi connectivity index (χ3n) is 3.04. The van der Waals surface area contributed by atoms with Gasteiger partial charge in [-0.05, 0) is 23.8 Å². The molecule has 2 atom stereocenters. The number of nitrogens with one attached hydrogen (secondary N) is 1. The van der Waals surface area contributed by atoms with Crippen molar-refractivity contribution in [2.24, 2.45) is 0 Å². The van der Waals surface area contributed by atoms with Gasteiger partial charge in [0, 0.05) is 19.7 Å². The Kier molecular flexibility index (Phi) is 4.96. The first-order valence-corrected chi connectivity index (χ1v) is 8.00. The molecule has 1 aromatic heterocycles. The van der Waals surface area contributed by atoms with E-state index in [0.717, 1.165) is 0 Å². The molecule has 1 heterocycles. The summed E-state index contributed by atoms with van der Waals surface area (Å²) in [6.45, 7) is 0. The third-order valence-corrected chi connectivity index (χ3v) is 4.66. The van der Waals surface area contributed by atoms with Crippen LogP contribution in [-0.4, -0.2) is 27.9 Å². The van der Waals surface area contributed by atoms with Crippen LogP contribution in [0.1, 0.15) is 5.56 Å². The molecule has 1 aromatic carbocycles. The summed E-state index contributed by atoms with van der Waals surface area (Å²) in [6.07, 6.45) is 1.71. The Morgan fingerprint density at radius 1 is 1.29 bits per heavy atom. The van der Waals surface area contributed by atoms with Gasteiger partial charge in [0.2, 0.25) is 0 Å². The third kappa shape index (κ3) is 4.04. The Balaban J connectivity index is 2.25. The molecule has 112 valence electrons. The molecule has 21 heavy (non-hydrogen) atoms. The molecule has 2 aromatic rings. The Labute approximate surface area is 123 Å². The van der Waals surface area contributed by atoms with Crippen molar-refractivity contribution in [3.05, 3.63) is 54.2 Å². The van der Waals surface area contributed by atoms with E-state index in [4.69, 9.17) is 4.52 Å². The monoisotopic (exact) mass is 308 g/mol. The summed E-state index contributed by atoms with van der Waals surface area (Å²) in [5.41, 5.74) is 0.553. The number of anilines is 1. The van der Waals surface area contributed by atoms with Gasteiger partial charge in [0.15, 0.2) is 0 Å². The van der Waals surface area contributed by atoms with Gasteiger partial charge in [-0.25, -0.2) is 4.98 Å². The van der Waals surface area contributed by atoms with E-state index in [1.54, 1.807) is 42.6 Å². The van der Waals surface area contributed by atoms with Crippen molar-refractivity contribution in [3.8, 4) is 5.75 Å². The quantitative estimate of drug-likeness (QED) is 0.710. The maximum atomic E-state index is 12.2. The summed E-state index contributed by atoms with van der Waals surface area (Å²) in [5.74, 6) is -0.378. The zero-order chi connectivity index (χ0) is 15.3. The summed E-state index contributed by atoms with van der Waals surface area (Å²) in [5, 5.41) is 12.7. The minimum atomic E-state index is -3.90. The second-order valence-corrected chi connectivity index (χ2v) is 6.57. The summed E-state index contributed by atoms with van der Waals surface area (Å²) in [4.78, 5) is 14.0. The van der Waals surface area contributed by atoms with Gasteiger partial charge in [0.05, 0.1) is 0 Å². The van der Waals surface area contributed by atoms with Gasteiger partial charge in [-0.2, -0.15) is 0 Å². The van der Waals surface area contributed by atoms with Crippen LogP contribution in [0.4, 0.5) is 5.82 Å². The topological polar surface area (TPSA) is 91.7 Å². The van der Waals surface area contributed by atoms with Crippen LogP contribution in [0, 0.1) is 0 Å². The molecule has 0 spiro atoms. The standard InChI is InChI=1S/C14H17N2O4P/c1-20-21(18,19)14(16-13-8-4-5-9-15-13)10-11-6-2-3-7-12(11)17/h2-9,14,17H,10H2,1H3,(H,15,16)(H,18,19). The number of benzene rings is 1. The molecule has 3 N–H and O–H groups in total. The van der Waals surface area contributed by atoms with Crippen molar-refractivity contribution in [2.75, 3.05) is 12.4 Å². The van der Waals surface area contributed by atoms with Crippen LogP contribution in [0.5, 0.6) is 5.75 Å². The van der Waals surface area contributed by atoms with E-state index in [9.17, 15) is 14.6 Å². The van der Waals surface area contributed by atoms with Crippen LogP contribution in [0.15, 0.2) is 48.7 Å². The van der Waals surface area contributed by atoms with Crippen LogP contribution in [0.2, 0.25) is 0 Å². The highest BCUT2D eigenvalue weighted by molar-refractivity contribution is 7.53. The minimum Gasteiger partial charge on any atom is -0.508 e. The number of phenols is 1. The molecule has 6 nitrogen and oxygen atoms in total. The van der Waals surface area contributed by atoms with E-state index in [1.165, 1.54) is 13.2 Å². The van der Waals surface area contributed by atoms with Crippen molar-refractivity contribution >= 4 is 13.4 Å². The Morgan fingerprint density at radius 2 is 2.00 bits per heavy atom. The normalized spacial score (nSPS) is 15.1. The highest BCUT2D eigenvalue weighted by Crippen LogP contribution is 2.48. The number of rotatable bonds is 6. The van der Waals surface area contributed by atoms with Gasteiger partial charge in [-0.1, -0.05) is 24.3 Å². The molecular weight excluding hydrogens is 291 g/mol. The van der Waals surface area contributed by atoms with Gasteiger partial charge in [0.1, 0.15) is 17.4 Å². The predicted molar refractivity (Wildman–Crippen MR) is 80.3 cm³/mol. The molecule has 2 unspecified atom stereocenters. The van der Waals surface area contributed by atoms with Crippen molar-refractivity contribution in [2.45, 2.75) is 12.2 Å². The molecule has 2 rings (SSSR count). The van der Waals surface area contributed by atoms with E-state index < -0.39 is 13.4 Å². The highest BCUT2D eigenvalue weighted by atomic mass is 31.2. The molecule has 0 fully saturated rings. The average molecular weight is 308 g/mol. The molecule has 7 heteroatoms. The smallest absolute Gasteiger partial charge is 0.350 e. The lowest BCUT2D eigenvalue weighted by Gasteiger charge is -2.23. The van der Waals surface area contributed by atoms with Gasteiger partial charge in [0.25, 0.3) is 0 Å². The second-order valence-electron chi connectivity index (χ2n) is 4.45. The van der Waals surface area contributed by atoms with Gasteiger partial charge in [-0.3, -0.25) is 4.57 Å². The van der Waals surface area contributed by atoms with E-state index in [2.05, 4.69) is 10.3 Å². The van der Waals surface area contributed by atoms with E-state index >= 15 is 0 Å². The molecule has 0 saturated heterocycles. The fourth-order valence-corrected chi connectivity index (χ4v) is 2.86. The lowest BCUT2D eigenvalue weighted by Crippen LogP contribution is -2.23. The van der Waals surface area contributed by atoms with Gasteiger partial charge < -0.3 is 19.8 Å². The lowest BCUT2D eigenvalue weighted by atomic mass is 10.1. The maximum Gasteiger partial charge on any atom is 0.350 e. The summed E-state index contributed by atoms with van der Waals surface area (Å²) in [7, 11) is -2.72.